The summed E-state index contributed by atoms with van der Waals surface area (Å²) in [6, 6.07) is 5.37. The number of amides is 1. The van der Waals surface area contributed by atoms with E-state index < -0.39 is 0 Å². The van der Waals surface area contributed by atoms with Gasteiger partial charge in [0.2, 0.25) is 11.8 Å². The van der Waals surface area contributed by atoms with Crippen LogP contribution in [-0.2, 0) is 9.59 Å². The van der Waals surface area contributed by atoms with Crippen molar-refractivity contribution in [3.05, 3.63) is 36.8 Å². The Kier molecular flexibility index (Phi) is 4.85. The maximum absolute atomic E-state index is 11.0. The summed E-state index contributed by atoms with van der Waals surface area (Å²) in [4.78, 5) is 29.8. The van der Waals surface area contributed by atoms with E-state index in [0.29, 0.717) is 43.3 Å². The zero-order chi connectivity index (χ0) is 16.8. The summed E-state index contributed by atoms with van der Waals surface area (Å²) in [7, 11) is 0. The summed E-state index contributed by atoms with van der Waals surface area (Å²) < 4.78 is 10.2. The Morgan fingerprint density at radius 1 is 1.08 bits per heavy atom. The number of aromatic nitrogens is 2. The summed E-state index contributed by atoms with van der Waals surface area (Å²) in [6.45, 7) is 1.04. The van der Waals surface area contributed by atoms with Gasteiger partial charge < -0.3 is 20.1 Å². The van der Waals surface area contributed by atoms with Gasteiger partial charge in [-0.1, -0.05) is 0 Å². The van der Waals surface area contributed by atoms with Crippen molar-refractivity contribution in [3.63, 3.8) is 0 Å². The topological polar surface area (TPSA) is 102 Å². The van der Waals surface area contributed by atoms with E-state index in [1.807, 2.05) is 6.07 Å². The number of carbonyl (C=O) groups is 2. The van der Waals surface area contributed by atoms with Crippen LogP contribution in [0.2, 0.25) is 0 Å². The summed E-state index contributed by atoms with van der Waals surface area (Å²) in [5, 5.41) is 5.74. The van der Waals surface area contributed by atoms with Gasteiger partial charge in [-0.15, -0.1) is 0 Å². The van der Waals surface area contributed by atoms with Crippen LogP contribution in [0, 0.1) is 0 Å². The summed E-state index contributed by atoms with van der Waals surface area (Å²) >= 11 is 0. The van der Waals surface area contributed by atoms with E-state index >= 15 is 0 Å². The molecular weight excluding hydrogens is 312 g/mol. The number of carbonyl (C=O) groups excluding carboxylic acids is 2. The molecule has 2 aliphatic rings. The van der Waals surface area contributed by atoms with Crippen molar-refractivity contribution in [1.29, 1.82) is 0 Å². The Balaban J connectivity index is 0.000000141. The molecule has 2 aromatic heterocycles. The van der Waals surface area contributed by atoms with Crippen molar-refractivity contribution in [2.45, 2.75) is 12.8 Å². The summed E-state index contributed by atoms with van der Waals surface area (Å²) in [6.07, 6.45) is 5.60. The smallest absolute Gasteiger partial charge is 0.314 e. The predicted octanol–water partition coefficient (Wildman–Crippen LogP) is 1.61. The third-order valence-electron chi connectivity index (χ3n) is 3.27. The molecule has 0 saturated carbocycles. The SMILES string of the molecule is O=C1CCNc2cccnc2O1.O=C1CCOc2ccncc2N1. The van der Waals surface area contributed by atoms with Crippen LogP contribution in [-0.4, -0.2) is 35.0 Å². The van der Waals surface area contributed by atoms with Crippen molar-refractivity contribution in [2.24, 2.45) is 0 Å². The van der Waals surface area contributed by atoms with E-state index in [2.05, 4.69) is 20.6 Å². The molecule has 0 unspecified atom stereocenters. The third-order valence-corrected chi connectivity index (χ3v) is 3.27. The van der Waals surface area contributed by atoms with Crippen LogP contribution < -0.4 is 20.1 Å². The molecule has 0 bridgehead atoms. The van der Waals surface area contributed by atoms with Crippen molar-refractivity contribution in [3.8, 4) is 11.6 Å². The summed E-state index contributed by atoms with van der Waals surface area (Å²) in [5.41, 5.74) is 1.43. The largest absolute Gasteiger partial charge is 0.491 e. The minimum absolute atomic E-state index is 0.0262. The van der Waals surface area contributed by atoms with Crippen LogP contribution in [0.5, 0.6) is 11.6 Å². The molecule has 2 N–H and O–H groups in total. The molecule has 124 valence electrons. The molecule has 0 aliphatic carbocycles. The van der Waals surface area contributed by atoms with Gasteiger partial charge in [-0.05, 0) is 12.1 Å². The van der Waals surface area contributed by atoms with Gasteiger partial charge in [0.25, 0.3) is 0 Å². The number of nitrogens with one attached hydrogen (secondary N) is 2. The number of hydrogen-bond donors (Lipinski definition) is 2. The first-order valence-corrected chi connectivity index (χ1v) is 7.48. The molecule has 2 aromatic rings. The Morgan fingerprint density at radius 3 is 2.92 bits per heavy atom. The Bertz CT molecular complexity index is 687. The highest BCUT2D eigenvalue weighted by Crippen LogP contribution is 2.24. The number of nitrogens with zero attached hydrogens (tertiary/aromatic N) is 2. The van der Waals surface area contributed by atoms with E-state index in [9.17, 15) is 9.59 Å². The first-order valence-electron chi connectivity index (χ1n) is 7.48. The minimum atomic E-state index is -0.236. The Morgan fingerprint density at radius 2 is 2.00 bits per heavy atom. The molecule has 4 heterocycles. The highest BCUT2D eigenvalue weighted by molar-refractivity contribution is 5.92. The van der Waals surface area contributed by atoms with Gasteiger partial charge in [-0.3, -0.25) is 14.6 Å². The number of rotatable bonds is 0. The van der Waals surface area contributed by atoms with Gasteiger partial charge >= 0.3 is 5.97 Å². The Labute approximate surface area is 138 Å². The minimum Gasteiger partial charge on any atom is -0.491 e. The molecule has 4 rings (SSSR count). The quantitative estimate of drug-likeness (QED) is 0.708. The lowest BCUT2D eigenvalue weighted by Gasteiger charge is -2.03. The molecule has 0 saturated heterocycles. The van der Waals surface area contributed by atoms with Crippen LogP contribution >= 0.6 is 0 Å². The molecule has 0 spiro atoms. The maximum atomic E-state index is 11.0. The van der Waals surface area contributed by atoms with Crippen LogP contribution in [0.15, 0.2) is 36.8 Å². The van der Waals surface area contributed by atoms with Crippen molar-refractivity contribution < 1.29 is 19.1 Å². The first kappa shape index (κ1) is 15.7. The monoisotopic (exact) mass is 328 g/mol. The van der Waals surface area contributed by atoms with Crippen LogP contribution in [0.3, 0.4) is 0 Å². The second kappa shape index (κ2) is 7.40. The van der Waals surface area contributed by atoms with Gasteiger partial charge in [0.1, 0.15) is 11.4 Å². The van der Waals surface area contributed by atoms with Gasteiger partial charge in [-0.25, -0.2) is 4.98 Å². The molecule has 0 aromatic carbocycles. The second-order valence-corrected chi connectivity index (χ2v) is 5.03. The van der Waals surface area contributed by atoms with Crippen LogP contribution in [0.1, 0.15) is 12.8 Å². The van der Waals surface area contributed by atoms with Crippen molar-refractivity contribution >= 4 is 23.3 Å². The lowest BCUT2D eigenvalue weighted by Crippen LogP contribution is -2.10. The molecular formula is C16H16N4O4. The highest BCUT2D eigenvalue weighted by atomic mass is 16.5. The van der Waals surface area contributed by atoms with E-state index in [4.69, 9.17) is 9.47 Å². The van der Waals surface area contributed by atoms with E-state index in [-0.39, 0.29) is 11.9 Å². The number of ether oxygens (including phenoxy) is 2. The molecule has 2 aliphatic heterocycles. The van der Waals surface area contributed by atoms with Gasteiger partial charge in [0.15, 0.2) is 0 Å². The number of pyridine rings is 2. The molecule has 24 heavy (non-hydrogen) atoms. The Hall–Kier alpha value is -3.16. The first-order chi connectivity index (χ1) is 11.7. The molecule has 8 nitrogen and oxygen atoms in total. The molecule has 0 atom stereocenters. The lowest BCUT2D eigenvalue weighted by atomic mass is 10.4. The average molecular weight is 328 g/mol. The van der Waals surface area contributed by atoms with E-state index in [1.165, 1.54) is 0 Å². The van der Waals surface area contributed by atoms with Crippen LogP contribution in [0.25, 0.3) is 0 Å². The lowest BCUT2D eigenvalue weighted by molar-refractivity contribution is -0.134. The zero-order valence-electron chi connectivity index (χ0n) is 12.8. The summed E-state index contributed by atoms with van der Waals surface area (Å²) in [5.74, 6) is 0.803. The average Bonchev–Trinajstić information content (AvgIpc) is 2.89. The van der Waals surface area contributed by atoms with Gasteiger partial charge in [-0.2, -0.15) is 0 Å². The third kappa shape index (κ3) is 3.97. The number of esters is 1. The number of fused-ring (bicyclic) bond motifs is 2. The molecule has 0 fully saturated rings. The van der Waals surface area contributed by atoms with Crippen molar-refractivity contribution in [1.82, 2.24) is 9.97 Å². The molecule has 8 heteroatoms. The van der Waals surface area contributed by atoms with E-state index in [1.54, 1.807) is 30.7 Å². The van der Waals surface area contributed by atoms with Gasteiger partial charge in [0.05, 0.1) is 31.3 Å². The second-order valence-electron chi connectivity index (χ2n) is 5.03. The highest BCUT2D eigenvalue weighted by Gasteiger charge is 2.14. The number of anilines is 2. The van der Waals surface area contributed by atoms with E-state index in [0.717, 1.165) is 5.69 Å². The predicted molar refractivity (Wildman–Crippen MR) is 86.0 cm³/mol. The van der Waals surface area contributed by atoms with Crippen LogP contribution in [0.4, 0.5) is 11.4 Å². The fourth-order valence-electron chi connectivity index (χ4n) is 2.13. The zero-order valence-corrected chi connectivity index (χ0v) is 12.8. The fraction of sp³-hybridized carbons (Fsp3) is 0.250. The normalized spacial score (nSPS) is 15.5. The standard InChI is InChI=1S/2C8H8N2O2/c11-8-2-4-12-7-1-3-9-5-6(7)10-8;11-7-3-5-9-6-2-1-4-10-8(6)12-7/h1,3,5H,2,4H2,(H,10,11);1-2,4,9H,3,5H2. The molecule has 0 radical (unpaired) electrons. The van der Waals surface area contributed by atoms with Gasteiger partial charge in [0, 0.05) is 25.0 Å². The number of hydrogen-bond acceptors (Lipinski definition) is 7. The maximum Gasteiger partial charge on any atom is 0.314 e. The fourth-order valence-corrected chi connectivity index (χ4v) is 2.13. The molecule has 1 amide bonds. The van der Waals surface area contributed by atoms with Crippen molar-refractivity contribution in [2.75, 3.05) is 23.8 Å².